The fourth-order valence-electron chi connectivity index (χ4n) is 2.04. The molecule has 0 radical (unpaired) electrons. The van der Waals surface area contributed by atoms with Crippen LogP contribution in [-0.2, 0) is 9.84 Å². The molecule has 0 atom stereocenters. The Kier molecular flexibility index (Phi) is 4.11. The summed E-state index contributed by atoms with van der Waals surface area (Å²) in [5.41, 5.74) is 3.42. The van der Waals surface area contributed by atoms with E-state index in [1.54, 1.807) is 0 Å². The SMILES string of the molecule is CS(=O)(=O)c1ncc(-c2ccc(-c3ccc(Cl)cc3)cc2)nn1. The number of aromatic nitrogens is 3. The second kappa shape index (κ2) is 6.06. The van der Waals surface area contributed by atoms with Gasteiger partial charge in [-0.25, -0.2) is 13.4 Å². The van der Waals surface area contributed by atoms with E-state index in [-0.39, 0.29) is 5.16 Å². The van der Waals surface area contributed by atoms with Crippen LogP contribution in [0.2, 0.25) is 5.02 Å². The second-order valence-corrected chi connectivity index (χ2v) is 7.33. The Balaban J connectivity index is 1.89. The first-order chi connectivity index (χ1) is 10.9. The minimum Gasteiger partial charge on any atom is -0.223 e. The topological polar surface area (TPSA) is 72.8 Å². The lowest BCUT2D eigenvalue weighted by atomic mass is 10.0. The molecule has 0 aliphatic heterocycles. The maximum atomic E-state index is 11.3. The quantitative estimate of drug-likeness (QED) is 0.728. The van der Waals surface area contributed by atoms with Gasteiger partial charge in [0.05, 0.1) is 6.20 Å². The van der Waals surface area contributed by atoms with Crippen LogP contribution in [0.25, 0.3) is 22.4 Å². The standard InChI is InChI=1S/C16H12ClN3O2S/c1-23(21,22)16-18-10-15(19-20-16)13-4-2-11(3-5-13)12-6-8-14(17)9-7-12/h2-10H,1H3. The fourth-order valence-corrected chi connectivity index (χ4v) is 2.60. The normalized spacial score (nSPS) is 11.4. The predicted molar refractivity (Wildman–Crippen MR) is 88.8 cm³/mol. The van der Waals surface area contributed by atoms with Gasteiger partial charge in [0.2, 0.25) is 9.84 Å². The largest absolute Gasteiger partial charge is 0.267 e. The van der Waals surface area contributed by atoms with Gasteiger partial charge < -0.3 is 0 Å². The van der Waals surface area contributed by atoms with Gasteiger partial charge in [0, 0.05) is 16.8 Å². The fraction of sp³-hybridized carbons (Fsp3) is 0.0625. The van der Waals surface area contributed by atoms with E-state index >= 15 is 0 Å². The Labute approximate surface area is 138 Å². The molecule has 23 heavy (non-hydrogen) atoms. The highest BCUT2D eigenvalue weighted by atomic mass is 35.5. The van der Waals surface area contributed by atoms with E-state index in [0.717, 1.165) is 22.9 Å². The van der Waals surface area contributed by atoms with Gasteiger partial charge in [-0.3, -0.25) is 0 Å². The van der Waals surface area contributed by atoms with Crippen molar-refractivity contribution in [1.82, 2.24) is 15.2 Å². The molecule has 0 spiro atoms. The Morgan fingerprint density at radius 3 is 1.83 bits per heavy atom. The summed E-state index contributed by atoms with van der Waals surface area (Å²) >= 11 is 5.88. The average molecular weight is 346 g/mol. The number of nitrogens with zero attached hydrogens (tertiary/aromatic N) is 3. The first-order valence-electron chi connectivity index (χ1n) is 6.70. The molecule has 0 saturated carbocycles. The summed E-state index contributed by atoms with van der Waals surface area (Å²) in [6.45, 7) is 0. The van der Waals surface area contributed by atoms with Crippen molar-refractivity contribution in [3.05, 3.63) is 59.8 Å². The molecule has 5 nitrogen and oxygen atoms in total. The van der Waals surface area contributed by atoms with Gasteiger partial charge in [-0.15, -0.1) is 10.2 Å². The van der Waals surface area contributed by atoms with Crippen molar-refractivity contribution in [2.75, 3.05) is 6.26 Å². The molecule has 7 heteroatoms. The molecule has 0 unspecified atom stereocenters. The van der Waals surface area contributed by atoms with E-state index < -0.39 is 9.84 Å². The number of sulfone groups is 1. The Morgan fingerprint density at radius 1 is 0.826 bits per heavy atom. The molecule has 0 aliphatic carbocycles. The van der Waals surface area contributed by atoms with E-state index in [0.29, 0.717) is 10.7 Å². The summed E-state index contributed by atoms with van der Waals surface area (Å²) in [6, 6.07) is 15.2. The van der Waals surface area contributed by atoms with Crippen LogP contribution in [0.5, 0.6) is 0 Å². The predicted octanol–water partition coefficient (Wildman–Crippen LogP) is 3.26. The summed E-state index contributed by atoms with van der Waals surface area (Å²) in [5, 5.41) is 7.99. The van der Waals surface area contributed by atoms with Crippen molar-refractivity contribution in [1.29, 1.82) is 0 Å². The molecular formula is C16H12ClN3O2S. The molecule has 0 aliphatic rings. The third-order valence-corrected chi connectivity index (χ3v) is 4.33. The summed E-state index contributed by atoms with van der Waals surface area (Å²) < 4.78 is 22.7. The Hall–Kier alpha value is -2.31. The van der Waals surface area contributed by atoms with Gasteiger partial charge in [0.15, 0.2) is 0 Å². The highest BCUT2D eigenvalue weighted by Crippen LogP contribution is 2.24. The van der Waals surface area contributed by atoms with Crippen molar-refractivity contribution < 1.29 is 8.42 Å². The van der Waals surface area contributed by atoms with Crippen LogP contribution in [0.3, 0.4) is 0 Å². The van der Waals surface area contributed by atoms with Crippen molar-refractivity contribution in [3.63, 3.8) is 0 Å². The maximum Gasteiger partial charge on any atom is 0.267 e. The number of hydrogen-bond acceptors (Lipinski definition) is 5. The van der Waals surface area contributed by atoms with Crippen molar-refractivity contribution in [2.45, 2.75) is 5.16 Å². The van der Waals surface area contributed by atoms with Gasteiger partial charge in [0.25, 0.3) is 5.16 Å². The van der Waals surface area contributed by atoms with Crippen LogP contribution in [-0.4, -0.2) is 29.9 Å². The number of benzene rings is 2. The Morgan fingerprint density at radius 2 is 1.35 bits per heavy atom. The number of halogens is 1. The van der Waals surface area contributed by atoms with E-state index in [1.807, 2.05) is 48.5 Å². The molecular weight excluding hydrogens is 334 g/mol. The number of hydrogen-bond donors (Lipinski definition) is 0. The zero-order valence-electron chi connectivity index (χ0n) is 12.1. The molecule has 0 N–H and O–H groups in total. The van der Waals surface area contributed by atoms with Crippen molar-refractivity contribution >= 4 is 21.4 Å². The van der Waals surface area contributed by atoms with Crippen LogP contribution in [0, 0.1) is 0 Å². The van der Waals surface area contributed by atoms with Gasteiger partial charge in [0.1, 0.15) is 5.69 Å². The van der Waals surface area contributed by atoms with Crippen molar-refractivity contribution in [3.8, 4) is 22.4 Å². The van der Waals surface area contributed by atoms with Crippen LogP contribution in [0.4, 0.5) is 0 Å². The minimum absolute atomic E-state index is 0.279. The molecule has 0 fully saturated rings. The molecule has 0 saturated heterocycles. The summed E-state index contributed by atoms with van der Waals surface area (Å²) in [6.07, 6.45) is 2.45. The summed E-state index contributed by atoms with van der Waals surface area (Å²) in [4.78, 5) is 3.84. The van der Waals surface area contributed by atoms with Crippen molar-refractivity contribution in [2.24, 2.45) is 0 Å². The molecule has 0 amide bonds. The monoisotopic (exact) mass is 345 g/mol. The van der Waals surface area contributed by atoms with Gasteiger partial charge in [-0.2, -0.15) is 0 Å². The lowest BCUT2D eigenvalue weighted by Crippen LogP contribution is -2.05. The first-order valence-corrected chi connectivity index (χ1v) is 8.96. The van der Waals surface area contributed by atoms with Crippen LogP contribution in [0.15, 0.2) is 59.9 Å². The highest BCUT2D eigenvalue weighted by Gasteiger charge is 2.12. The zero-order valence-corrected chi connectivity index (χ0v) is 13.7. The van der Waals surface area contributed by atoms with Gasteiger partial charge in [-0.1, -0.05) is 48.0 Å². The summed E-state index contributed by atoms with van der Waals surface area (Å²) in [7, 11) is -3.44. The highest BCUT2D eigenvalue weighted by molar-refractivity contribution is 7.90. The summed E-state index contributed by atoms with van der Waals surface area (Å²) in [5.74, 6) is 0. The minimum atomic E-state index is -3.44. The van der Waals surface area contributed by atoms with Crippen LogP contribution < -0.4 is 0 Å². The smallest absolute Gasteiger partial charge is 0.223 e. The molecule has 116 valence electrons. The van der Waals surface area contributed by atoms with E-state index in [9.17, 15) is 8.42 Å². The van der Waals surface area contributed by atoms with Gasteiger partial charge in [-0.05, 0) is 23.3 Å². The molecule has 3 aromatic rings. The third kappa shape index (κ3) is 3.55. The molecule has 1 heterocycles. The van der Waals surface area contributed by atoms with Crippen LogP contribution >= 0.6 is 11.6 Å². The Bertz CT molecular complexity index is 923. The zero-order chi connectivity index (χ0) is 16.4. The molecule has 1 aromatic heterocycles. The van der Waals surface area contributed by atoms with E-state index in [2.05, 4.69) is 15.2 Å². The molecule has 2 aromatic carbocycles. The number of rotatable bonds is 3. The van der Waals surface area contributed by atoms with Gasteiger partial charge >= 0.3 is 0 Å². The third-order valence-electron chi connectivity index (χ3n) is 3.23. The maximum absolute atomic E-state index is 11.3. The molecule has 0 bridgehead atoms. The molecule has 3 rings (SSSR count). The second-order valence-electron chi connectivity index (χ2n) is 4.98. The van der Waals surface area contributed by atoms with Crippen LogP contribution in [0.1, 0.15) is 0 Å². The first kappa shape index (κ1) is 15.6. The lowest BCUT2D eigenvalue weighted by molar-refractivity contribution is 0.589. The van der Waals surface area contributed by atoms with E-state index in [1.165, 1.54) is 6.20 Å². The van der Waals surface area contributed by atoms with E-state index in [4.69, 9.17) is 11.6 Å². The average Bonchev–Trinajstić information content (AvgIpc) is 2.55. The lowest BCUT2D eigenvalue weighted by Gasteiger charge is -2.04.